The first-order valence-electron chi connectivity index (χ1n) is 14.6. The number of hydrogen-bond acceptors (Lipinski definition) is 8. The number of carbonyl (C=O) groups is 1. The molecule has 1 fully saturated rings. The molecule has 0 aliphatic carbocycles. The fraction of sp³-hybridized carbons (Fsp3) is 0.828. The zero-order valence-electron chi connectivity index (χ0n) is 23.4. The summed E-state index contributed by atoms with van der Waals surface area (Å²) in [6.07, 6.45) is 12.9. The van der Waals surface area contributed by atoms with E-state index in [2.05, 4.69) is 31.3 Å². The molecule has 0 radical (unpaired) electrons. The van der Waals surface area contributed by atoms with Gasteiger partial charge in [-0.3, -0.25) is 4.79 Å². The maximum atomic E-state index is 12.5. The first-order valence-corrected chi connectivity index (χ1v) is 14.6. The predicted molar refractivity (Wildman–Crippen MR) is 147 cm³/mol. The summed E-state index contributed by atoms with van der Waals surface area (Å²) in [4.78, 5) is 12.5. The van der Waals surface area contributed by atoms with Gasteiger partial charge in [0.05, 0.1) is 25.4 Å². The van der Waals surface area contributed by atoms with E-state index in [4.69, 9.17) is 9.47 Å². The molecular weight excluding hydrogens is 490 g/mol. The van der Waals surface area contributed by atoms with Crippen molar-refractivity contribution in [1.82, 2.24) is 5.32 Å². The zero-order valence-corrected chi connectivity index (χ0v) is 23.4. The number of allylic oxidation sites excluding steroid dienone is 3. The molecule has 9 heteroatoms. The van der Waals surface area contributed by atoms with E-state index in [1.165, 1.54) is 32.1 Å². The summed E-state index contributed by atoms with van der Waals surface area (Å²) in [7, 11) is 0. The van der Waals surface area contributed by atoms with E-state index in [0.717, 1.165) is 44.9 Å². The number of unbranched alkanes of at least 4 members (excludes halogenated alkanes) is 9. The standard InChI is InChI=1S/C29H53NO8/c1-3-5-7-9-10-11-12-13-14-15-16-18-23(32)22(30-25(33)19-17-8-6-4-2)21-37-29-28(36)27(35)26(34)24(20-31)38-29/h12-13,16,18,22-24,26-29,31-32,34-36H,3-11,14-15,17,19-21H2,1-2H3,(H,30,33)/b13-12+,18-16+. The van der Waals surface area contributed by atoms with Gasteiger partial charge in [-0.05, 0) is 32.1 Å². The third-order valence-corrected chi connectivity index (χ3v) is 6.78. The van der Waals surface area contributed by atoms with Crippen molar-refractivity contribution in [3.8, 4) is 0 Å². The van der Waals surface area contributed by atoms with E-state index in [9.17, 15) is 30.3 Å². The maximum absolute atomic E-state index is 12.5. The summed E-state index contributed by atoms with van der Waals surface area (Å²) in [6, 6.07) is -0.809. The van der Waals surface area contributed by atoms with E-state index < -0.39 is 49.5 Å². The molecule has 0 aromatic heterocycles. The summed E-state index contributed by atoms with van der Waals surface area (Å²) >= 11 is 0. The Kier molecular flexibility index (Phi) is 19.6. The van der Waals surface area contributed by atoms with Crippen LogP contribution >= 0.6 is 0 Å². The largest absolute Gasteiger partial charge is 0.394 e. The van der Waals surface area contributed by atoms with E-state index in [1.807, 2.05) is 6.08 Å². The molecule has 1 amide bonds. The van der Waals surface area contributed by atoms with E-state index in [1.54, 1.807) is 6.08 Å². The number of rotatable bonds is 21. The third kappa shape index (κ3) is 14.2. The fourth-order valence-corrected chi connectivity index (χ4v) is 4.28. The normalized spacial score (nSPS) is 25.7. The summed E-state index contributed by atoms with van der Waals surface area (Å²) in [6.45, 7) is 3.54. The minimum atomic E-state index is -1.56. The molecule has 0 spiro atoms. The molecule has 38 heavy (non-hydrogen) atoms. The second kappa shape index (κ2) is 21.5. The highest BCUT2D eigenvalue weighted by Gasteiger charge is 2.44. The number of aliphatic hydroxyl groups excluding tert-OH is 5. The van der Waals surface area contributed by atoms with E-state index >= 15 is 0 Å². The molecule has 1 aliphatic heterocycles. The van der Waals surface area contributed by atoms with Crippen LogP contribution in [0.5, 0.6) is 0 Å². The van der Waals surface area contributed by atoms with Gasteiger partial charge in [0.25, 0.3) is 0 Å². The van der Waals surface area contributed by atoms with Crippen LogP contribution in [0.25, 0.3) is 0 Å². The minimum Gasteiger partial charge on any atom is -0.394 e. The van der Waals surface area contributed by atoms with Crippen LogP contribution in [0.4, 0.5) is 0 Å². The molecule has 0 bridgehead atoms. The Morgan fingerprint density at radius 1 is 0.868 bits per heavy atom. The highest BCUT2D eigenvalue weighted by atomic mass is 16.7. The number of aliphatic hydroxyl groups is 5. The number of hydrogen-bond donors (Lipinski definition) is 6. The van der Waals surface area contributed by atoms with Crippen molar-refractivity contribution in [2.75, 3.05) is 13.2 Å². The molecule has 7 unspecified atom stereocenters. The molecule has 1 saturated heterocycles. The molecule has 0 aromatic carbocycles. The van der Waals surface area contributed by atoms with Gasteiger partial charge in [0.15, 0.2) is 6.29 Å². The third-order valence-electron chi connectivity index (χ3n) is 6.78. The Labute approximate surface area is 228 Å². The van der Waals surface area contributed by atoms with Gasteiger partial charge in [-0.2, -0.15) is 0 Å². The van der Waals surface area contributed by atoms with Crippen molar-refractivity contribution in [2.45, 2.75) is 140 Å². The Morgan fingerprint density at radius 2 is 1.50 bits per heavy atom. The Hall–Kier alpha value is -1.33. The van der Waals surface area contributed by atoms with Crippen molar-refractivity contribution in [1.29, 1.82) is 0 Å². The van der Waals surface area contributed by atoms with Crippen molar-refractivity contribution < 1.29 is 39.8 Å². The molecule has 1 rings (SSSR count). The summed E-state index contributed by atoms with van der Waals surface area (Å²) in [5.74, 6) is -0.210. The van der Waals surface area contributed by atoms with E-state index in [-0.39, 0.29) is 12.5 Å². The lowest BCUT2D eigenvalue weighted by atomic mass is 9.99. The van der Waals surface area contributed by atoms with Gasteiger partial charge in [-0.1, -0.05) is 83.1 Å². The van der Waals surface area contributed by atoms with E-state index in [0.29, 0.717) is 6.42 Å². The topological polar surface area (TPSA) is 149 Å². The lowest BCUT2D eigenvalue weighted by Gasteiger charge is -2.40. The van der Waals surface area contributed by atoms with Crippen LogP contribution < -0.4 is 5.32 Å². The van der Waals surface area contributed by atoms with Gasteiger partial charge >= 0.3 is 0 Å². The minimum absolute atomic E-state index is 0.202. The Balaban J connectivity index is 2.60. The van der Waals surface area contributed by atoms with Gasteiger partial charge < -0.3 is 40.3 Å². The lowest BCUT2D eigenvalue weighted by Crippen LogP contribution is -2.60. The summed E-state index contributed by atoms with van der Waals surface area (Å²) in [5.41, 5.74) is 0. The number of amides is 1. The lowest BCUT2D eigenvalue weighted by molar-refractivity contribution is -0.302. The molecule has 0 aromatic rings. The van der Waals surface area contributed by atoms with Gasteiger partial charge in [-0.15, -0.1) is 0 Å². The molecular formula is C29H53NO8. The predicted octanol–water partition coefficient (Wildman–Crippen LogP) is 2.87. The fourth-order valence-electron chi connectivity index (χ4n) is 4.28. The number of carbonyl (C=O) groups excluding carboxylic acids is 1. The van der Waals surface area contributed by atoms with Gasteiger partial charge in [-0.25, -0.2) is 0 Å². The Bertz CT molecular complexity index is 656. The first-order chi connectivity index (χ1) is 18.3. The van der Waals surface area contributed by atoms with Crippen LogP contribution in [-0.4, -0.2) is 87.5 Å². The molecule has 7 atom stereocenters. The molecule has 6 N–H and O–H groups in total. The molecule has 1 aliphatic rings. The second-order valence-corrected chi connectivity index (χ2v) is 10.2. The molecule has 1 heterocycles. The number of nitrogens with one attached hydrogen (secondary N) is 1. The summed E-state index contributed by atoms with van der Waals surface area (Å²) < 4.78 is 11.0. The van der Waals surface area contributed by atoms with Crippen molar-refractivity contribution in [3.63, 3.8) is 0 Å². The average Bonchev–Trinajstić information content (AvgIpc) is 2.91. The van der Waals surface area contributed by atoms with Gasteiger partial charge in [0.2, 0.25) is 5.91 Å². The first kappa shape index (κ1) is 34.7. The highest BCUT2D eigenvalue weighted by molar-refractivity contribution is 5.76. The van der Waals surface area contributed by atoms with Crippen LogP contribution in [-0.2, 0) is 14.3 Å². The average molecular weight is 544 g/mol. The van der Waals surface area contributed by atoms with Crippen LogP contribution in [0.15, 0.2) is 24.3 Å². The van der Waals surface area contributed by atoms with Crippen LogP contribution in [0.1, 0.15) is 97.3 Å². The van der Waals surface area contributed by atoms with Gasteiger partial charge in [0, 0.05) is 6.42 Å². The van der Waals surface area contributed by atoms with Gasteiger partial charge in [0.1, 0.15) is 24.4 Å². The molecule has 9 nitrogen and oxygen atoms in total. The smallest absolute Gasteiger partial charge is 0.220 e. The highest BCUT2D eigenvalue weighted by Crippen LogP contribution is 2.22. The summed E-state index contributed by atoms with van der Waals surface area (Å²) in [5, 5.41) is 53.1. The number of ether oxygens (including phenoxy) is 2. The molecule has 0 saturated carbocycles. The van der Waals surface area contributed by atoms with Crippen molar-refractivity contribution >= 4 is 5.91 Å². The quantitative estimate of drug-likeness (QED) is 0.0956. The monoisotopic (exact) mass is 543 g/mol. The zero-order chi connectivity index (χ0) is 28.2. The SMILES string of the molecule is CCCCCCC/C=C/CC/C=C/C(O)C(COC1OC(CO)C(O)C(O)C1O)NC(=O)CCCCCC. The van der Waals surface area contributed by atoms with Crippen LogP contribution in [0, 0.1) is 0 Å². The molecule has 222 valence electrons. The van der Waals surface area contributed by atoms with Crippen molar-refractivity contribution in [3.05, 3.63) is 24.3 Å². The Morgan fingerprint density at radius 3 is 2.18 bits per heavy atom. The van der Waals surface area contributed by atoms with Crippen LogP contribution in [0.2, 0.25) is 0 Å². The maximum Gasteiger partial charge on any atom is 0.220 e. The van der Waals surface area contributed by atoms with Crippen LogP contribution in [0.3, 0.4) is 0 Å². The van der Waals surface area contributed by atoms with Crippen molar-refractivity contribution in [2.24, 2.45) is 0 Å². The second-order valence-electron chi connectivity index (χ2n) is 10.2.